The van der Waals surface area contributed by atoms with Gasteiger partial charge in [0.05, 0.1) is 16.1 Å². The maximum Gasteiger partial charge on any atom is 0.170 e. The van der Waals surface area contributed by atoms with E-state index in [1.807, 2.05) is 0 Å². The van der Waals surface area contributed by atoms with E-state index in [4.69, 9.17) is 46.4 Å². The molecule has 0 spiro atoms. The van der Waals surface area contributed by atoms with Gasteiger partial charge in [0.15, 0.2) is 5.78 Å². The lowest BCUT2D eigenvalue weighted by Gasteiger charge is -2.28. The minimum Gasteiger partial charge on any atom is -0.296 e. The monoisotopic (exact) mass is 234 g/mol. The van der Waals surface area contributed by atoms with E-state index in [1.54, 1.807) is 0 Å². The van der Waals surface area contributed by atoms with Crippen LogP contribution in [0.25, 0.3) is 0 Å². The summed E-state index contributed by atoms with van der Waals surface area (Å²) >= 11 is 22.8. The lowest BCUT2D eigenvalue weighted by Crippen LogP contribution is -2.44. The summed E-state index contributed by atoms with van der Waals surface area (Å²) in [6, 6.07) is 0. The second-order valence-corrected chi connectivity index (χ2v) is 4.53. The molecule has 11 heavy (non-hydrogen) atoms. The predicted octanol–water partition coefficient (Wildman–Crippen LogP) is 2.39. The summed E-state index contributed by atoms with van der Waals surface area (Å²) in [7, 11) is 0. The second kappa shape index (κ2) is 3.69. The first kappa shape index (κ1) is 9.91. The minimum absolute atomic E-state index is 0.217. The van der Waals surface area contributed by atoms with Crippen LogP contribution in [0, 0.1) is 0 Å². The summed E-state index contributed by atoms with van der Waals surface area (Å²) in [5.41, 5.74) is 0. The van der Waals surface area contributed by atoms with Crippen molar-refractivity contribution in [2.24, 2.45) is 0 Å². The molecule has 0 N–H and O–H groups in total. The third kappa shape index (κ3) is 1.95. The third-order valence-corrected chi connectivity index (χ3v) is 3.78. The Labute approximate surface area is 84.9 Å². The molecule has 0 aromatic rings. The number of ketones is 1. The van der Waals surface area contributed by atoms with Gasteiger partial charge in [-0.15, -0.1) is 46.4 Å². The number of rotatable bonds is 0. The van der Waals surface area contributed by atoms with Crippen LogP contribution in [0.5, 0.6) is 0 Å². The minimum atomic E-state index is -0.740. The first-order valence-electron chi connectivity index (χ1n) is 3.14. The molecule has 0 bridgehead atoms. The van der Waals surface area contributed by atoms with E-state index in [2.05, 4.69) is 0 Å². The number of alkyl halides is 4. The highest BCUT2D eigenvalue weighted by Crippen LogP contribution is 2.31. The van der Waals surface area contributed by atoms with Crippen LogP contribution >= 0.6 is 46.4 Å². The van der Waals surface area contributed by atoms with E-state index >= 15 is 0 Å². The maximum absolute atomic E-state index is 11.1. The van der Waals surface area contributed by atoms with Crippen molar-refractivity contribution in [3.63, 3.8) is 0 Å². The molecule has 0 radical (unpaired) electrons. The van der Waals surface area contributed by atoms with Crippen LogP contribution in [0.2, 0.25) is 0 Å². The van der Waals surface area contributed by atoms with Crippen LogP contribution < -0.4 is 0 Å². The SMILES string of the molecule is O=C1C(Cl)CC(Cl)C(Cl)C1Cl. The van der Waals surface area contributed by atoms with Crippen molar-refractivity contribution in [2.45, 2.75) is 27.9 Å². The summed E-state index contributed by atoms with van der Waals surface area (Å²) in [6.07, 6.45) is 0.402. The molecule has 64 valence electrons. The molecule has 5 heteroatoms. The summed E-state index contributed by atoms with van der Waals surface area (Å²) < 4.78 is 0. The van der Waals surface area contributed by atoms with Gasteiger partial charge in [0.2, 0.25) is 0 Å². The molecule has 0 saturated heterocycles. The molecule has 1 nitrogen and oxygen atoms in total. The van der Waals surface area contributed by atoms with E-state index in [1.165, 1.54) is 0 Å². The third-order valence-electron chi connectivity index (χ3n) is 1.64. The van der Waals surface area contributed by atoms with Gasteiger partial charge in [-0.1, -0.05) is 0 Å². The average molecular weight is 236 g/mol. The van der Waals surface area contributed by atoms with Crippen LogP contribution in [-0.4, -0.2) is 27.3 Å². The molecule has 4 atom stereocenters. The number of hydrogen-bond acceptors (Lipinski definition) is 1. The fraction of sp³-hybridized carbons (Fsp3) is 0.833. The molecule has 0 amide bonds. The summed E-state index contributed by atoms with van der Waals surface area (Å²) in [4.78, 5) is 11.1. The number of hydrogen-bond donors (Lipinski definition) is 0. The lowest BCUT2D eigenvalue weighted by molar-refractivity contribution is -0.119. The highest BCUT2D eigenvalue weighted by Gasteiger charge is 2.40. The van der Waals surface area contributed by atoms with E-state index in [0.717, 1.165) is 0 Å². The fourth-order valence-corrected chi connectivity index (χ4v) is 2.39. The Morgan fingerprint density at radius 1 is 1.18 bits per heavy atom. The van der Waals surface area contributed by atoms with Gasteiger partial charge in [-0.05, 0) is 6.42 Å². The summed E-state index contributed by atoms with van der Waals surface area (Å²) in [6.45, 7) is 0. The highest BCUT2D eigenvalue weighted by atomic mass is 35.5. The summed E-state index contributed by atoms with van der Waals surface area (Å²) in [5, 5.41) is -2.12. The van der Waals surface area contributed by atoms with Crippen LogP contribution in [-0.2, 0) is 4.79 Å². The Kier molecular flexibility index (Phi) is 3.33. The Morgan fingerprint density at radius 2 is 1.73 bits per heavy atom. The van der Waals surface area contributed by atoms with Crippen LogP contribution in [0.4, 0.5) is 0 Å². The highest BCUT2D eigenvalue weighted by molar-refractivity contribution is 6.46. The molecular weight excluding hydrogens is 230 g/mol. The van der Waals surface area contributed by atoms with Crippen LogP contribution in [0.3, 0.4) is 0 Å². The molecule has 1 saturated carbocycles. The van der Waals surface area contributed by atoms with E-state index in [9.17, 15) is 4.79 Å². The van der Waals surface area contributed by atoms with Gasteiger partial charge in [-0.2, -0.15) is 0 Å². The number of carbonyl (C=O) groups is 1. The zero-order valence-corrected chi connectivity index (χ0v) is 8.46. The van der Waals surface area contributed by atoms with Gasteiger partial charge in [-0.3, -0.25) is 4.79 Å². The average Bonchev–Trinajstić information content (AvgIpc) is 1.97. The number of carbonyl (C=O) groups excluding carboxylic acids is 1. The Morgan fingerprint density at radius 3 is 2.27 bits per heavy atom. The molecular formula is C6H6Cl4O. The topological polar surface area (TPSA) is 17.1 Å². The Balaban J connectivity index is 2.70. The normalized spacial score (nSPS) is 46.0. The quantitative estimate of drug-likeness (QED) is 0.590. The smallest absolute Gasteiger partial charge is 0.170 e. The molecule has 0 aromatic heterocycles. The van der Waals surface area contributed by atoms with Gasteiger partial charge in [-0.25, -0.2) is 0 Å². The van der Waals surface area contributed by atoms with E-state index in [-0.39, 0.29) is 11.2 Å². The lowest BCUT2D eigenvalue weighted by atomic mass is 9.97. The van der Waals surface area contributed by atoms with Crippen molar-refractivity contribution < 1.29 is 4.79 Å². The van der Waals surface area contributed by atoms with Crippen molar-refractivity contribution in [3.05, 3.63) is 0 Å². The largest absolute Gasteiger partial charge is 0.296 e. The predicted molar refractivity (Wildman–Crippen MR) is 48.2 cm³/mol. The van der Waals surface area contributed by atoms with Crippen LogP contribution in [0.15, 0.2) is 0 Å². The van der Waals surface area contributed by atoms with Crippen molar-refractivity contribution >= 4 is 52.2 Å². The zero-order chi connectivity index (χ0) is 8.59. The maximum atomic E-state index is 11.1. The van der Waals surface area contributed by atoms with Gasteiger partial charge in [0.1, 0.15) is 5.38 Å². The van der Waals surface area contributed by atoms with Gasteiger partial charge in [0, 0.05) is 0 Å². The van der Waals surface area contributed by atoms with Crippen molar-refractivity contribution in [3.8, 4) is 0 Å². The molecule has 0 aromatic carbocycles. The molecule has 0 aliphatic heterocycles. The second-order valence-electron chi connectivity index (χ2n) is 2.47. The first-order valence-corrected chi connectivity index (χ1v) is 4.88. The van der Waals surface area contributed by atoms with E-state index < -0.39 is 16.1 Å². The van der Waals surface area contributed by atoms with Crippen molar-refractivity contribution in [1.82, 2.24) is 0 Å². The summed E-state index contributed by atoms with van der Waals surface area (Å²) in [5.74, 6) is -0.217. The standard InChI is InChI=1S/C6H6Cl4O/c7-2-1-3(8)6(11)5(10)4(2)9/h2-5H,1H2. The molecule has 0 heterocycles. The van der Waals surface area contributed by atoms with Gasteiger partial charge in [0.25, 0.3) is 0 Å². The number of halogens is 4. The molecule has 1 aliphatic rings. The Hall–Kier alpha value is 0.830. The van der Waals surface area contributed by atoms with Crippen molar-refractivity contribution in [1.29, 1.82) is 0 Å². The molecule has 1 rings (SSSR count). The zero-order valence-electron chi connectivity index (χ0n) is 5.44. The first-order chi connectivity index (χ1) is 5.04. The number of Topliss-reactive ketones (excluding diaryl/α,β-unsaturated/α-hetero) is 1. The Bertz CT molecular complexity index is 172. The van der Waals surface area contributed by atoms with Gasteiger partial charge >= 0.3 is 0 Å². The fourth-order valence-electron chi connectivity index (χ4n) is 0.957. The molecule has 1 fully saturated rings. The van der Waals surface area contributed by atoms with E-state index in [0.29, 0.717) is 6.42 Å². The molecule has 4 unspecified atom stereocenters. The van der Waals surface area contributed by atoms with Gasteiger partial charge < -0.3 is 0 Å². The van der Waals surface area contributed by atoms with Crippen molar-refractivity contribution in [2.75, 3.05) is 0 Å². The molecule has 1 aliphatic carbocycles. The van der Waals surface area contributed by atoms with Crippen LogP contribution in [0.1, 0.15) is 6.42 Å².